The Labute approximate surface area is 201 Å². The molecule has 0 radical (unpaired) electrons. The van der Waals surface area contributed by atoms with Crippen LogP contribution in [0.25, 0.3) is 6.08 Å². The third kappa shape index (κ3) is 7.39. The number of carbonyl (C=O) groups is 1. The summed E-state index contributed by atoms with van der Waals surface area (Å²) in [6.45, 7) is 4.42. The SMILES string of the molecule is CCC(C)N(CC(=O)N(Cc1ccccc1)Cc1cccs1)S(=O)(=O)/C=C/c1ccccc1. The number of hydrogen-bond acceptors (Lipinski definition) is 4. The van der Waals surface area contributed by atoms with Gasteiger partial charge in [0.2, 0.25) is 15.9 Å². The van der Waals surface area contributed by atoms with Gasteiger partial charge in [-0.25, -0.2) is 8.42 Å². The highest BCUT2D eigenvalue weighted by Gasteiger charge is 2.29. The van der Waals surface area contributed by atoms with Gasteiger partial charge in [0, 0.05) is 22.9 Å². The van der Waals surface area contributed by atoms with Crippen LogP contribution in [0.4, 0.5) is 0 Å². The quantitative estimate of drug-likeness (QED) is 0.369. The number of benzene rings is 2. The molecule has 174 valence electrons. The van der Waals surface area contributed by atoms with Crippen molar-refractivity contribution in [1.29, 1.82) is 0 Å². The van der Waals surface area contributed by atoms with Crippen LogP contribution >= 0.6 is 11.3 Å². The monoisotopic (exact) mass is 482 g/mol. The average Bonchev–Trinajstić information content (AvgIpc) is 3.34. The van der Waals surface area contributed by atoms with Crippen molar-refractivity contribution in [3.63, 3.8) is 0 Å². The molecule has 0 fully saturated rings. The second kappa shape index (κ2) is 11.9. The van der Waals surface area contributed by atoms with Gasteiger partial charge in [0.05, 0.1) is 13.1 Å². The van der Waals surface area contributed by atoms with E-state index in [-0.39, 0.29) is 18.5 Å². The van der Waals surface area contributed by atoms with E-state index in [1.54, 1.807) is 22.3 Å². The first-order chi connectivity index (χ1) is 15.9. The molecule has 3 aromatic rings. The maximum atomic E-state index is 13.4. The molecular formula is C26H30N2O3S2. The molecule has 0 aliphatic rings. The molecule has 0 aliphatic heterocycles. The van der Waals surface area contributed by atoms with E-state index in [0.717, 1.165) is 16.0 Å². The minimum atomic E-state index is -3.79. The zero-order chi connectivity index (χ0) is 23.7. The van der Waals surface area contributed by atoms with Crippen LogP contribution in [0, 0.1) is 0 Å². The Kier molecular flexibility index (Phi) is 9.00. The first-order valence-corrected chi connectivity index (χ1v) is 13.4. The number of sulfonamides is 1. The van der Waals surface area contributed by atoms with Gasteiger partial charge in [-0.1, -0.05) is 73.7 Å². The molecule has 1 unspecified atom stereocenters. The molecule has 0 saturated carbocycles. The van der Waals surface area contributed by atoms with Gasteiger partial charge >= 0.3 is 0 Å². The lowest BCUT2D eigenvalue weighted by Gasteiger charge is -2.29. The van der Waals surface area contributed by atoms with Crippen molar-refractivity contribution < 1.29 is 13.2 Å². The fraction of sp³-hybridized carbons (Fsp3) is 0.269. The normalized spacial score (nSPS) is 12.8. The number of amides is 1. The molecule has 7 heteroatoms. The molecule has 3 rings (SSSR count). The van der Waals surface area contributed by atoms with Crippen LogP contribution in [0.2, 0.25) is 0 Å². The zero-order valence-corrected chi connectivity index (χ0v) is 20.6. The lowest BCUT2D eigenvalue weighted by Crippen LogP contribution is -2.45. The van der Waals surface area contributed by atoms with Crippen LogP contribution in [0.3, 0.4) is 0 Å². The van der Waals surface area contributed by atoms with Gasteiger partial charge in [-0.05, 0) is 42.0 Å². The van der Waals surface area contributed by atoms with E-state index < -0.39 is 10.0 Å². The topological polar surface area (TPSA) is 57.7 Å². The Morgan fingerprint density at radius 1 is 0.970 bits per heavy atom. The first-order valence-electron chi connectivity index (χ1n) is 11.0. The lowest BCUT2D eigenvalue weighted by atomic mass is 10.2. The molecule has 2 aromatic carbocycles. The molecule has 1 amide bonds. The van der Waals surface area contributed by atoms with Crippen molar-refractivity contribution in [3.8, 4) is 0 Å². The number of thiophene rings is 1. The molecule has 0 saturated heterocycles. The van der Waals surface area contributed by atoms with Crippen molar-refractivity contribution in [1.82, 2.24) is 9.21 Å². The zero-order valence-electron chi connectivity index (χ0n) is 19.0. The molecule has 0 bridgehead atoms. The smallest absolute Gasteiger partial charge is 0.238 e. The van der Waals surface area contributed by atoms with Gasteiger partial charge < -0.3 is 4.90 Å². The molecule has 33 heavy (non-hydrogen) atoms. The largest absolute Gasteiger partial charge is 0.332 e. The van der Waals surface area contributed by atoms with E-state index >= 15 is 0 Å². The summed E-state index contributed by atoms with van der Waals surface area (Å²) in [6, 6.07) is 22.7. The Morgan fingerprint density at radius 3 is 2.24 bits per heavy atom. The highest BCUT2D eigenvalue weighted by Crippen LogP contribution is 2.18. The Balaban J connectivity index is 1.82. The van der Waals surface area contributed by atoms with Gasteiger partial charge in [-0.3, -0.25) is 4.79 Å². The second-order valence-corrected chi connectivity index (χ2v) is 10.7. The number of hydrogen-bond donors (Lipinski definition) is 0. The van der Waals surface area contributed by atoms with E-state index in [0.29, 0.717) is 19.5 Å². The first kappa shape index (κ1) is 24.9. The fourth-order valence-electron chi connectivity index (χ4n) is 3.37. The van der Waals surface area contributed by atoms with Crippen LogP contribution in [-0.2, 0) is 27.9 Å². The van der Waals surface area contributed by atoms with Crippen LogP contribution in [-0.4, -0.2) is 36.1 Å². The van der Waals surface area contributed by atoms with E-state index in [2.05, 4.69) is 0 Å². The Morgan fingerprint density at radius 2 is 1.64 bits per heavy atom. The summed E-state index contributed by atoms with van der Waals surface area (Å²) in [7, 11) is -3.79. The summed E-state index contributed by atoms with van der Waals surface area (Å²) in [5.41, 5.74) is 1.80. The minimum Gasteiger partial charge on any atom is -0.332 e. The van der Waals surface area contributed by atoms with Crippen molar-refractivity contribution in [2.45, 2.75) is 39.4 Å². The highest BCUT2D eigenvalue weighted by atomic mass is 32.2. The lowest BCUT2D eigenvalue weighted by molar-refractivity contribution is -0.132. The molecular weight excluding hydrogens is 452 g/mol. The van der Waals surface area contributed by atoms with Gasteiger partial charge in [0.15, 0.2) is 0 Å². The maximum Gasteiger partial charge on any atom is 0.238 e. The van der Waals surface area contributed by atoms with E-state index in [9.17, 15) is 13.2 Å². The Hall–Kier alpha value is -2.74. The standard InChI is InChI=1S/C26H30N2O3S2/c1-3-22(2)28(33(30,31)18-16-23-11-6-4-7-12-23)21-26(29)27(20-25-15-10-17-32-25)19-24-13-8-5-9-14-24/h4-18,22H,3,19-21H2,1-2H3/b18-16+. The predicted molar refractivity (Wildman–Crippen MR) is 136 cm³/mol. The molecule has 0 aliphatic carbocycles. The summed E-state index contributed by atoms with van der Waals surface area (Å²) in [5.74, 6) is -0.218. The van der Waals surface area contributed by atoms with E-state index in [1.165, 1.54) is 9.71 Å². The molecule has 1 heterocycles. The summed E-state index contributed by atoms with van der Waals surface area (Å²) in [5, 5.41) is 3.17. The van der Waals surface area contributed by atoms with Crippen molar-refractivity contribution in [2.24, 2.45) is 0 Å². The number of nitrogens with zero attached hydrogens (tertiary/aromatic N) is 2. The van der Waals surface area contributed by atoms with E-state index in [4.69, 9.17) is 0 Å². The van der Waals surface area contributed by atoms with Gasteiger partial charge in [0.25, 0.3) is 0 Å². The van der Waals surface area contributed by atoms with Crippen molar-refractivity contribution >= 4 is 33.3 Å². The maximum absolute atomic E-state index is 13.4. The third-order valence-corrected chi connectivity index (χ3v) is 7.91. The Bertz CT molecular complexity index is 1130. The van der Waals surface area contributed by atoms with Gasteiger partial charge in [-0.15, -0.1) is 11.3 Å². The van der Waals surface area contributed by atoms with Gasteiger partial charge in [-0.2, -0.15) is 4.31 Å². The van der Waals surface area contributed by atoms with Gasteiger partial charge in [0.1, 0.15) is 0 Å². The predicted octanol–water partition coefficient (Wildman–Crippen LogP) is 5.38. The fourth-order valence-corrected chi connectivity index (χ4v) is 5.51. The van der Waals surface area contributed by atoms with Crippen LogP contribution < -0.4 is 0 Å². The summed E-state index contributed by atoms with van der Waals surface area (Å²) < 4.78 is 27.7. The second-order valence-electron chi connectivity index (χ2n) is 7.88. The summed E-state index contributed by atoms with van der Waals surface area (Å²) in [4.78, 5) is 16.2. The van der Waals surface area contributed by atoms with Crippen LogP contribution in [0.5, 0.6) is 0 Å². The molecule has 5 nitrogen and oxygen atoms in total. The highest BCUT2D eigenvalue weighted by molar-refractivity contribution is 7.92. The third-order valence-electron chi connectivity index (χ3n) is 5.43. The average molecular weight is 483 g/mol. The van der Waals surface area contributed by atoms with Crippen molar-refractivity contribution in [2.75, 3.05) is 6.54 Å². The molecule has 1 aromatic heterocycles. The van der Waals surface area contributed by atoms with Crippen molar-refractivity contribution in [3.05, 3.63) is 99.6 Å². The number of carbonyl (C=O) groups excluding carboxylic acids is 1. The minimum absolute atomic E-state index is 0.200. The van der Waals surface area contributed by atoms with Crippen LogP contribution in [0.1, 0.15) is 36.3 Å². The molecule has 0 spiro atoms. The summed E-state index contributed by atoms with van der Waals surface area (Å²) in [6.07, 6.45) is 2.18. The molecule has 1 atom stereocenters. The number of rotatable bonds is 11. The van der Waals surface area contributed by atoms with E-state index in [1.807, 2.05) is 92.0 Å². The molecule has 0 N–H and O–H groups in total. The van der Waals surface area contributed by atoms with Crippen LogP contribution in [0.15, 0.2) is 83.6 Å². The summed E-state index contributed by atoms with van der Waals surface area (Å²) >= 11 is 1.58.